The van der Waals surface area contributed by atoms with Crippen LogP contribution in [0, 0.1) is 23.7 Å². The SMILES string of the molecule is C#CCCCC(O)C1CCCC1(C)C. The second kappa shape index (κ2) is 4.84. The Hall–Kier alpha value is -0.480. The lowest BCUT2D eigenvalue weighted by atomic mass is 9.77. The standard InChI is InChI=1S/C13H22O/c1-4-5-6-9-12(14)11-8-7-10-13(11,2)3/h1,11-12,14H,5-10H2,2-3H3. The fourth-order valence-corrected chi connectivity index (χ4v) is 2.68. The van der Waals surface area contributed by atoms with E-state index in [-0.39, 0.29) is 6.10 Å². The summed E-state index contributed by atoms with van der Waals surface area (Å²) in [4.78, 5) is 0. The van der Waals surface area contributed by atoms with Gasteiger partial charge in [0.1, 0.15) is 0 Å². The molecule has 0 radical (unpaired) electrons. The lowest BCUT2D eigenvalue weighted by Gasteiger charge is -2.31. The predicted octanol–water partition coefficient (Wildman–Crippen LogP) is 2.98. The highest BCUT2D eigenvalue weighted by Crippen LogP contribution is 2.45. The van der Waals surface area contributed by atoms with Gasteiger partial charge in [0.2, 0.25) is 0 Å². The summed E-state index contributed by atoms with van der Waals surface area (Å²) in [6.07, 6.45) is 11.4. The molecule has 0 saturated heterocycles. The monoisotopic (exact) mass is 194 g/mol. The number of unbranched alkanes of at least 4 members (excludes halogenated alkanes) is 1. The van der Waals surface area contributed by atoms with Crippen LogP contribution in [0.1, 0.15) is 52.4 Å². The summed E-state index contributed by atoms with van der Waals surface area (Å²) in [6, 6.07) is 0. The summed E-state index contributed by atoms with van der Waals surface area (Å²) >= 11 is 0. The molecule has 0 aromatic rings. The van der Waals surface area contributed by atoms with Gasteiger partial charge in [-0.1, -0.05) is 20.3 Å². The fourth-order valence-electron chi connectivity index (χ4n) is 2.68. The maximum atomic E-state index is 10.0. The fraction of sp³-hybridized carbons (Fsp3) is 0.846. The molecule has 0 bridgehead atoms. The van der Waals surface area contributed by atoms with Gasteiger partial charge in [-0.15, -0.1) is 12.3 Å². The van der Waals surface area contributed by atoms with E-state index >= 15 is 0 Å². The Morgan fingerprint density at radius 2 is 2.29 bits per heavy atom. The highest BCUT2D eigenvalue weighted by atomic mass is 16.3. The van der Waals surface area contributed by atoms with Crippen molar-refractivity contribution < 1.29 is 5.11 Å². The molecule has 1 aliphatic rings. The molecule has 2 atom stereocenters. The van der Waals surface area contributed by atoms with Gasteiger partial charge >= 0.3 is 0 Å². The van der Waals surface area contributed by atoms with E-state index in [9.17, 15) is 5.11 Å². The predicted molar refractivity (Wildman–Crippen MR) is 59.8 cm³/mol. The molecule has 0 spiro atoms. The van der Waals surface area contributed by atoms with Crippen molar-refractivity contribution in [2.45, 2.75) is 58.5 Å². The third-order valence-corrected chi connectivity index (χ3v) is 3.63. The minimum atomic E-state index is -0.138. The van der Waals surface area contributed by atoms with Gasteiger partial charge in [-0.25, -0.2) is 0 Å². The first-order valence-electron chi connectivity index (χ1n) is 5.69. The first kappa shape index (κ1) is 11.6. The van der Waals surface area contributed by atoms with Gasteiger partial charge in [0.15, 0.2) is 0 Å². The van der Waals surface area contributed by atoms with Crippen LogP contribution in [0.25, 0.3) is 0 Å². The Morgan fingerprint density at radius 1 is 1.57 bits per heavy atom. The number of aliphatic hydroxyl groups is 1. The van der Waals surface area contributed by atoms with Crippen LogP contribution in [0.3, 0.4) is 0 Å². The van der Waals surface area contributed by atoms with E-state index in [2.05, 4.69) is 19.8 Å². The van der Waals surface area contributed by atoms with E-state index in [1.165, 1.54) is 19.3 Å². The van der Waals surface area contributed by atoms with Crippen LogP contribution in [0.2, 0.25) is 0 Å². The Balaban J connectivity index is 2.37. The van der Waals surface area contributed by atoms with E-state index < -0.39 is 0 Å². The van der Waals surface area contributed by atoms with Crippen molar-refractivity contribution in [1.29, 1.82) is 0 Å². The first-order valence-corrected chi connectivity index (χ1v) is 5.69. The summed E-state index contributed by atoms with van der Waals surface area (Å²) in [5.74, 6) is 3.11. The molecule has 0 heterocycles. The zero-order valence-corrected chi connectivity index (χ0v) is 9.42. The normalized spacial score (nSPS) is 27.1. The van der Waals surface area contributed by atoms with Gasteiger partial charge in [0, 0.05) is 6.42 Å². The summed E-state index contributed by atoms with van der Waals surface area (Å²) in [6.45, 7) is 4.55. The lowest BCUT2D eigenvalue weighted by Crippen LogP contribution is -2.29. The maximum Gasteiger partial charge on any atom is 0.0573 e. The quantitative estimate of drug-likeness (QED) is 0.539. The van der Waals surface area contributed by atoms with Crippen molar-refractivity contribution in [2.24, 2.45) is 11.3 Å². The van der Waals surface area contributed by atoms with Crippen molar-refractivity contribution in [3.63, 3.8) is 0 Å². The van der Waals surface area contributed by atoms with Crippen LogP contribution in [0.15, 0.2) is 0 Å². The third-order valence-electron chi connectivity index (χ3n) is 3.63. The van der Waals surface area contributed by atoms with Gasteiger partial charge in [0.05, 0.1) is 6.10 Å². The van der Waals surface area contributed by atoms with Crippen LogP contribution < -0.4 is 0 Å². The molecule has 0 amide bonds. The molecule has 1 aliphatic carbocycles. The molecule has 1 rings (SSSR count). The molecule has 0 aromatic heterocycles. The number of hydrogen-bond donors (Lipinski definition) is 1. The van der Waals surface area contributed by atoms with Crippen LogP contribution in [0.5, 0.6) is 0 Å². The molecule has 2 unspecified atom stereocenters. The lowest BCUT2D eigenvalue weighted by molar-refractivity contribution is 0.0464. The first-order chi connectivity index (χ1) is 6.58. The smallest absolute Gasteiger partial charge is 0.0573 e. The highest BCUT2D eigenvalue weighted by molar-refractivity contribution is 4.90. The average Bonchev–Trinajstić information content (AvgIpc) is 2.45. The van der Waals surface area contributed by atoms with Crippen molar-refractivity contribution in [1.82, 2.24) is 0 Å². The maximum absolute atomic E-state index is 10.0. The second-order valence-corrected chi connectivity index (χ2v) is 5.15. The number of hydrogen-bond acceptors (Lipinski definition) is 1. The zero-order chi connectivity index (χ0) is 10.6. The van der Waals surface area contributed by atoms with Crippen molar-refractivity contribution in [2.75, 3.05) is 0 Å². The molecule has 0 aliphatic heterocycles. The molecular weight excluding hydrogens is 172 g/mol. The summed E-state index contributed by atoms with van der Waals surface area (Å²) < 4.78 is 0. The van der Waals surface area contributed by atoms with Gasteiger partial charge in [-0.2, -0.15) is 0 Å². The topological polar surface area (TPSA) is 20.2 Å². The zero-order valence-electron chi connectivity index (χ0n) is 9.42. The van der Waals surface area contributed by atoms with E-state index in [1.54, 1.807) is 0 Å². The van der Waals surface area contributed by atoms with Gasteiger partial charge < -0.3 is 5.11 Å². The Morgan fingerprint density at radius 3 is 2.79 bits per heavy atom. The number of terminal acetylenes is 1. The van der Waals surface area contributed by atoms with Crippen LogP contribution in [-0.2, 0) is 0 Å². The van der Waals surface area contributed by atoms with Gasteiger partial charge in [0.25, 0.3) is 0 Å². The molecule has 1 saturated carbocycles. The van der Waals surface area contributed by atoms with E-state index in [0.717, 1.165) is 19.3 Å². The van der Waals surface area contributed by atoms with E-state index in [4.69, 9.17) is 6.42 Å². The average molecular weight is 194 g/mol. The van der Waals surface area contributed by atoms with Crippen molar-refractivity contribution in [3.05, 3.63) is 0 Å². The molecular formula is C13H22O. The number of aliphatic hydroxyl groups excluding tert-OH is 1. The minimum Gasteiger partial charge on any atom is -0.393 e. The molecule has 14 heavy (non-hydrogen) atoms. The van der Waals surface area contributed by atoms with Crippen molar-refractivity contribution in [3.8, 4) is 12.3 Å². The van der Waals surface area contributed by atoms with E-state index in [0.29, 0.717) is 11.3 Å². The molecule has 1 fully saturated rings. The van der Waals surface area contributed by atoms with Gasteiger partial charge in [-0.3, -0.25) is 0 Å². The highest BCUT2D eigenvalue weighted by Gasteiger charge is 2.38. The largest absolute Gasteiger partial charge is 0.393 e. The third kappa shape index (κ3) is 2.75. The summed E-state index contributed by atoms with van der Waals surface area (Å²) in [5, 5.41) is 10.0. The molecule has 1 N–H and O–H groups in total. The van der Waals surface area contributed by atoms with Crippen LogP contribution in [0.4, 0.5) is 0 Å². The summed E-state index contributed by atoms with van der Waals surface area (Å²) in [5.41, 5.74) is 0.329. The molecule has 1 nitrogen and oxygen atoms in total. The second-order valence-electron chi connectivity index (χ2n) is 5.15. The van der Waals surface area contributed by atoms with Crippen LogP contribution in [-0.4, -0.2) is 11.2 Å². The Labute approximate surface area is 87.9 Å². The van der Waals surface area contributed by atoms with Crippen LogP contribution >= 0.6 is 0 Å². The molecule has 1 heteroatoms. The van der Waals surface area contributed by atoms with Crippen molar-refractivity contribution >= 4 is 0 Å². The summed E-state index contributed by atoms with van der Waals surface area (Å²) in [7, 11) is 0. The molecule has 80 valence electrons. The Bertz CT molecular complexity index is 212. The molecule has 0 aromatic carbocycles. The van der Waals surface area contributed by atoms with E-state index in [1.807, 2.05) is 0 Å². The number of rotatable bonds is 4. The van der Waals surface area contributed by atoms with Gasteiger partial charge in [-0.05, 0) is 37.0 Å². The Kier molecular flexibility index (Phi) is 4.01. The minimum absolute atomic E-state index is 0.138.